The molecule has 1 N–H and O–H groups in total. The number of anilines is 1. The van der Waals surface area contributed by atoms with Gasteiger partial charge in [0, 0.05) is 19.1 Å². The number of rotatable bonds is 3. The Labute approximate surface area is 163 Å². The Morgan fingerprint density at radius 2 is 2.00 bits per heavy atom. The molecule has 1 aliphatic rings. The van der Waals surface area contributed by atoms with E-state index in [2.05, 4.69) is 10.3 Å². The molecule has 1 aromatic rings. The molecule has 2 rings (SSSR count). The van der Waals surface area contributed by atoms with Crippen LogP contribution in [-0.4, -0.2) is 48.9 Å². The lowest BCUT2D eigenvalue weighted by molar-refractivity contribution is 0.0496. The van der Waals surface area contributed by atoms with E-state index in [9.17, 15) is 14.9 Å². The fourth-order valence-corrected chi connectivity index (χ4v) is 3.02. The van der Waals surface area contributed by atoms with E-state index in [4.69, 9.17) is 21.1 Å². The first-order valence-electron chi connectivity index (χ1n) is 8.58. The summed E-state index contributed by atoms with van der Waals surface area (Å²) < 4.78 is 10.1. The Kier molecular flexibility index (Phi) is 6.50. The number of carbonyl (C=O) groups excluding carboxylic acids is 2. The fourth-order valence-electron chi connectivity index (χ4n) is 2.83. The summed E-state index contributed by atoms with van der Waals surface area (Å²) in [6.07, 6.45) is 0.815. The lowest BCUT2D eigenvalue weighted by Crippen LogP contribution is -2.46. The Hall–Kier alpha value is -2.53. The maximum atomic E-state index is 12.2. The summed E-state index contributed by atoms with van der Waals surface area (Å²) in [5, 5.41) is 12.3. The highest BCUT2D eigenvalue weighted by molar-refractivity contribution is 6.29. The maximum Gasteiger partial charge on any atom is 0.407 e. The molecule has 1 aliphatic heterocycles. The van der Waals surface area contributed by atoms with Gasteiger partial charge in [0.05, 0.1) is 12.7 Å². The van der Waals surface area contributed by atoms with Crippen LogP contribution in [0.5, 0.6) is 0 Å². The van der Waals surface area contributed by atoms with Crippen molar-refractivity contribution in [2.75, 3.05) is 25.1 Å². The zero-order chi connectivity index (χ0) is 20.2. The molecule has 0 aliphatic carbocycles. The molecule has 1 saturated heterocycles. The van der Waals surface area contributed by atoms with E-state index in [1.165, 1.54) is 13.2 Å². The van der Waals surface area contributed by atoms with Gasteiger partial charge in [-0.05, 0) is 39.7 Å². The Morgan fingerprint density at radius 3 is 2.52 bits per heavy atom. The maximum absolute atomic E-state index is 12.2. The van der Waals surface area contributed by atoms with Crippen molar-refractivity contribution in [1.29, 1.82) is 5.26 Å². The molecule has 8 nitrogen and oxygen atoms in total. The third-order valence-electron chi connectivity index (χ3n) is 3.99. The molecular weight excluding hydrogens is 372 g/mol. The zero-order valence-electron chi connectivity index (χ0n) is 15.8. The number of pyridine rings is 1. The van der Waals surface area contributed by atoms with Gasteiger partial charge in [0.2, 0.25) is 0 Å². The van der Waals surface area contributed by atoms with Gasteiger partial charge < -0.3 is 19.7 Å². The highest BCUT2D eigenvalue weighted by Crippen LogP contribution is 2.28. The van der Waals surface area contributed by atoms with Gasteiger partial charge in [-0.2, -0.15) is 5.26 Å². The average molecular weight is 395 g/mol. The SMILES string of the molecule is COC(=O)c1c(C#N)cc(Cl)nc1N1CCC(NC(=O)OC(C)(C)C)CC1. The standard InChI is InChI=1S/C18H23ClN4O4/c1-18(2,3)27-17(25)21-12-5-7-23(8-6-12)15-14(16(24)26-4)11(10-20)9-13(19)22-15/h9,12H,5-8H2,1-4H3,(H,21,25). The molecule has 0 bridgehead atoms. The fraction of sp³-hybridized carbons (Fsp3) is 0.556. The van der Waals surface area contributed by atoms with E-state index in [-0.39, 0.29) is 22.3 Å². The number of halogens is 1. The molecule has 1 amide bonds. The van der Waals surface area contributed by atoms with Crippen LogP contribution < -0.4 is 10.2 Å². The van der Waals surface area contributed by atoms with Gasteiger partial charge in [-0.15, -0.1) is 0 Å². The quantitative estimate of drug-likeness (QED) is 0.620. The van der Waals surface area contributed by atoms with Crippen molar-refractivity contribution in [3.8, 4) is 6.07 Å². The average Bonchev–Trinajstić information content (AvgIpc) is 2.59. The summed E-state index contributed by atoms with van der Waals surface area (Å²) in [7, 11) is 1.25. The third kappa shape index (κ3) is 5.47. The lowest BCUT2D eigenvalue weighted by atomic mass is 10.0. The summed E-state index contributed by atoms with van der Waals surface area (Å²) in [4.78, 5) is 30.2. The van der Waals surface area contributed by atoms with Gasteiger partial charge in [0.15, 0.2) is 0 Å². The van der Waals surface area contributed by atoms with Gasteiger partial charge in [0.1, 0.15) is 28.2 Å². The van der Waals surface area contributed by atoms with Crippen molar-refractivity contribution in [1.82, 2.24) is 10.3 Å². The van der Waals surface area contributed by atoms with Crippen molar-refractivity contribution in [3.05, 3.63) is 22.3 Å². The smallest absolute Gasteiger partial charge is 0.407 e. The van der Waals surface area contributed by atoms with Crippen LogP contribution in [0.1, 0.15) is 49.5 Å². The van der Waals surface area contributed by atoms with E-state index >= 15 is 0 Å². The number of nitrogens with one attached hydrogen (secondary N) is 1. The molecule has 27 heavy (non-hydrogen) atoms. The molecule has 0 unspecified atom stereocenters. The van der Waals surface area contributed by atoms with Crippen LogP contribution in [0.15, 0.2) is 6.07 Å². The molecule has 0 aromatic carbocycles. The second kappa shape index (κ2) is 8.44. The third-order valence-corrected chi connectivity index (χ3v) is 4.19. The van der Waals surface area contributed by atoms with Gasteiger partial charge >= 0.3 is 12.1 Å². The molecule has 1 fully saturated rings. The first-order chi connectivity index (χ1) is 12.6. The van der Waals surface area contributed by atoms with E-state index in [1.54, 1.807) is 20.8 Å². The number of nitrogens with zero attached hydrogens (tertiary/aromatic N) is 3. The Bertz CT molecular complexity index is 762. The number of amides is 1. The molecule has 9 heteroatoms. The number of esters is 1. The molecule has 0 radical (unpaired) electrons. The molecule has 2 heterocycles. The van der Waals surface area contributed by atoms with Crippen molar-refractivity contribution >= 4 is 29.5 Å². The second-order valence-corrected chi connectivity index (χ2v) is 7.59. The summed E-state index contributed by atoms with van der Waals surface area (Å²) in [5.41, 5.74) is -0.340. The summed E-state index contributed by atoms with van der Waals surface area (Å²) in [6.45, 7) is 6.48. The first-order valence-corrected chi connectivity index (χ1v) is 8.96. The molecule has 146 valence electrons. The van der Waals surface area contributed by atoms with E-state index < -0.39 is 17.7 Å². The van der Waals surface area contributed by atoms with Crippen LogP contribution in [0.3, 0.4) is 0 Å². The predicted molar refractivity (Wildman–Crippen MR) is 99.9 cm³/mol. The van der Waals surface area contributed by atoms with Crippen LogP contribution in [0.2, 0.25) is 5.15 Å². The molecule has 0 atom stereocenters. The van der Waals surface area contributed by atoms with Crippen LogP contribution in [0.4, 0.5) is 10.6 Å². The van der Waals surface area contributed by atoms with Gasteiger partial charge in [-0.25, -0.2) is 14.6 Å². The number of ether oxygens (including phenoxy) is 2. The van der Waals surface area contributed by atoms with Crippen LogP contribution >= 0.6 is 11.6 Å². The first kappa shape index (κ1) is 20.8. The minimum absolute atomic E-state index is 0.0488. The number of hydrogen-bond acceptors (Lipinski definition) is 7. The van der Waals surface area contributed by atoms with Crippen molar-refractivity contribution < 1.29 is 19.1 Å². The summed E-state index contributed by atoms with van der Waals surface area (Å²) in [5.74, 6) is -0.318. The van der Waals surface area contributed by atoms with Gasteiger partial charge in [0.25, 0.3) is 0 Å². The lowest BCUT2D eigenvalue weighted by Gasteiger charge is -2.34. The van der Waals surface area contributed by atoms with Crippen molar-refractivity contribution in [2.45, 2.75) is 45.3 Å². The highest BCUT2D eigenvalue weighted by atomic mass is 35.5. The van der Waals surface area contributed by atoms with Crippen LogP contribution in [-0.2, 0) is 9.47 Å². The predicted octanol–water partition coefficient (Wildman–Crippen LogP) is 2.89. The van der Waals surface area contributed by atoms with Gasteiger partial charge in [-0.1, -0.05) is 11.6 Å². The monoisotopic (exact) mass is 394 g/mol. The molecule has 0 saturated carbocycles. The minimum Gasteiger partial charge on any atom is -0.465 e. The van der Waals surface area contributed by atoms with E-state index in [0.29, 0.717) is 31.7 Å². The largest absolute Gasteiger partial charge is 0.465 e. The Balaban J connectivity index is 2.12. The molecular formula is C18H23ClN4O4. The number of nitriles is 1. The van der Waals surface area contributed by atoms with E-state index in [0.717, 1.165) is 0 Å². The summed E-state index contributed by atoms with van der Waals surface area (Å²) in [6, 6.07) is 3.25. The minimum atomic E-state index is -0.639. The number of aromatic nitrogens is 1. The number of carbonyl (C=O) groups is 2. The number of alkyl carbamates (subject to hydrolysis) is 1. The van der Waals surface area contributed by atoms with Gasteiger partial charge in [-0.3, -0.25) is 0 Å². The number of hydrogen-bond donors (Lipinski definition) is 1. The van der Waals surface area contributed by atoms with E-state index in [1.807, 2.05) is 11.0 Å². The van der Waals surface area contributed by atoms with Crippen LogP contribution in [0, 0.1) is 11.3 Å². The van der Waals surface area contributed by atoms with Crippen molar-refractivity contribution in [3.63, 3.8) is 0 Å². The topological polar surface area (TPSA) is 105 Å². The summed E-state index contributed by atoms with van der Waals surface area (Å²) >= 11 is 6.01. The normalized spacial score (nSPS) is 15.0. The number of piperidine rings is 1. The highest BCUT2D eigenvalue weighted by Gasteiger charge is 2.28. The van der Waals surface area contributed by atoms with Crippen LogP contribution in [0.25, 0.3) is 0 Å². The Morgan fingerprint density at radius 1 is 1.37 bits per heavy atom. The zero-order valence-corrected chi connectivity index (χ0v) is 16.6. The number of methoxy groups -OCH3 is 1. The molecule has 0 spiro atoms. The second-order valence-electron chi connectivity index (χ2n) is 7.20. The van der Waals surface area contributed by atoms with Crippen molar-refractivity contribution in [2.24, 2.45) is 0 Å². The molecule has 1 aromatic heterocycles.